The van der Waals surface area contributed by atoms with Gasteiger partial charge in [0.2, 0.25) is 0 Å². The smallest absolute Gasteiger partial charge is 0.325 e. The highest BCUT2D eigenvalue weighted by molar-refractivity contribution is 7.10. The van der Waals surface area contributed by atoms with Crippen LogP contribution in [0.25, 0.3) is 0 Å². The Balaban J connectivity index is 1.60. The van der Waals surface area contributed by atoms with Crippen LogP contribution >= 0.6 is 11.3 Å². The number of ether oxygens (including phenoxy) is 1. The molecule has 1 aliphatic heterocycles. The van der Waals surface area contributed by atoms with Gasteiger partial charge in [-0.15, -0.1) is 11.3 Å². The number of fused-ring (bicyclic) bond motifs is 2. The number of rotatable bonds is 4. The zero-order chi connectivity index (χ0) is 18.3. The van der Waals surface area contributed by atoms with E-state index in [2.05, 4.69) is 5.32 Å². The number of methoxy groups -OCH3 is 1. The number of aryl methyl sites for hydroxylation is 1. The summed E-state index contributed by atoms with van der Waals surface area (Å²) in [6.45, 7) is -0.279. The molecule has 134 valence electrons. The lowest BCUT2D eigenvalue weighted by Gasteiger charge is -2.31. The van der Waals surface area contributed by atoms with Gasteiger partial charge in [0.25, 0.3) is 5.91 Å². The first-order valence-corrected chi connectivity index (χ1v) is 9.31. The fraction of sp³-hybridized carbons (Fsp3) is 0.316. The second-order valence-corrected chi connectivity index (χ2v) is 7.49. The maximum Gasteiger partial charge on any atom is 0.325 e. The minimum absolute atomic E-state index is 0.279. The number of nitrogens with one attached hydrogen (secondary N) is 1. The van der Waals surface area contributed by atoms with Gasteiger partial charge in [0.05, 0.1) is 13.7 Å². The average Bonchev–Trinajstić information content (AvgIpc) is 3.22. The number of amides is 3. The summed E-state index contributed by atoms with van der Waals surface area (Å²) >= 11 is 1.60. The standard InChI is InChI=1S/C19H18N2O4S/c1-25-13-5-2-4-12(10-13)15(22)11-21-17(23)19(20-18(21)24)8-3-6-16-14(19)7-9-26-16/h2,4-5,7,9-10H,3,6,8,11H2,1H3,(H,20,24)/t19-/m1/s1. The van der Waals surface area contributed by atoms with Gasteiger partial charge >= 0.3 is 6.03 Å². The fourth-order valence-electron chi connectivity index (χ4n) is 3.72. The Labute approximate surface area is 154 Å². The van der Waals surface area contributed by atoms with Crippen molar-refractivity contribution in [1.29, 1.82) is 0 Å². The van der Waals surface area contributed by atoms with E-state index in [1.165, 1.54) is 7.11 Å². The van der Waals surface area contributed by atoms with Gasteiger partial charge in [0.1, 0.15) is 11.3 Å². The molecule has 1 aliphatic carbocycles. The van der Waals surface area contributed by atoms with Gasteiger partial charge in [-0.3, -0.25) is 14.5 Å². The molecule has 7 heteroatoms. The number of hydrogen-bond donors (Lipinski definition) is 1. The van der Waals surface area contributed by atoms with E-state index >= 15 is 0 Å². The fourth-order valence-corrected chi connectivity index (χ4v) is 4.72. The Bertz CT molecular complexity index is 906. The van der Waals surface area contributed by atoms with Crippen molar-refractivity contribution in [2.45, 2.75) is 24.8 Å². The van der Waals surface area contributed by atoms with Crippen LogP contribution in [0.1, 0.15) is 33.6 Å². The van der Waals surface area contributed by atoms with Crippen LogP contribution in [0.15, 0.2) is 35.7 Å². The highest BCUT2D eigenvalue weighted by atomic mass is 32.1. The number of hydrogen-bond acceptors (Lipinski definition) is 5. The van der Waals surface area contributed by atoms with Gasteiger partial charge in [0, 0.05) is 16.0 Å². The number of Topliss-reactive ketones (excluding diaryl/α,β-unsaturated/α-hetero) is 1. The molecule has 3 amide bonds. The zero-order valence-corrected chi connectivity index (χ0v) is 15.1. The molecule has 0 bridgehead atoms. The quantitative estimate of drug-likeness (QED) is 0.663. The number of benzene rings is 1. The molecule has 0 radical (unpaired) electrons. The molecule has 6 nitrogen and oxygen atoms in total. The van der Waals surface area contributed by atoms with Crippen molar-refractivity contribution in [3.63, 3.8) is 0 Å². The monoisotopic (exact) mass is 370 g/mol. The van der Waals surface area contributed by atoms with Crippen LogP contribution in [0.4, 0.5) is 4.79 Å². The summed E-state index contributed by atoms with van der Waals surface area (Å²) in [6, 6.07) is 8.10. The highest BCUT2D eigenvalue weighted by Crippen LogP contribution is 2.42. The van der Waals surface area contributed by atoms with Crippen molar-refractivity contribution in [1.82, 2.24) is 10.2 Å². The van der Waals surface area contributed by atoms with Gasteiger partial charge in [0.15, 0.2) is 5.78 Å². The van der Waals surface area contributed by atoms with E-state index in [9.17, 15) is 14.4 Å². The topological polar surface area (TPSA) is 75.7 Å². The molecule has 2 aromatic rings. The summed E-state index contributed by atoms with van der Waals surface area (Å²) in [6.07, 6.45) is 2.31. The number of imide groups is 1. The predicted molar refractivity (Wildman–Crippen MR) is 96.5 cm³/mol. The van der Waals surface area contributed by atoms with Crippen LogP contribution in [0.2, 0.25) is 0 Å². The molecule has 1 aromatic carbocycles. The van der Waals surface area contributed by atoms with Gasteiger partial charge in [-0.05, 0) is 42.8 Å². The molecular formula is C19H18N2O4S. The number of ketones is 1. The number of thiophene rings is 1. The van der Waals surface area contributed by atoms with Crippen LogP contribution in [-0.4, -0.2) is 36.3 Å². The van der Waals surface area contributed by atoms with E-state index in [4.69, 9.17) is 4.74 Å². The zero-order valence-electron chi connectivity index (χ0n) is 14.3. The van der Waals surface area contributed by atoms with E-state index in [1.54, 1.807) is 35.6 Å². The largest absolute Gasteiger partial charge is 0.497 e. The van der Waals surface area contributed by atoms with Gasteiger partial charge in [-0.1, -0.05) is 12.1 Å². The molecule has 1 saturated heterocycles. The van der Waals surface area contributed by atoms with Crippen molar-refractivity contribution in [2.75, 3.05) is 13.7 Å². The Morgan fingerprint density at radius 2 is 2.19 bits per heavy atom. The third kappa shape index (κ3) is 2.50. The van der Waals surface area contributed by atoms with Crippen LogP contribution < -0.4 is 10.1 Å². The van der Waals surface area contributed by atoms with Crippen molar-refractivity contribution >= 4 is 29.1 Å². The highest BCUT2D eigenvalue weighted by Gasteiger charge is 2.54. The molecule has 1 atom stereocenters. The van der Waals surface area contributed by atoms with Crippen LogP contribution in [0, 0.1) is 0 Å². The average molecular weight is 370 g/mol. The molecule has 1 aromatic heterocycles. The van der Waals surface area contributed by atoms with Crippen molar-refractivity contribution < 1.29 is 19.1 Å². The molecule has 4 rings (SSSR count). The van der Waals surface area contributed by atoms with Crippen LogP contribution in [0.3, 0.4) is 0 Å². The molecule has 1 spiro atoms. The lowest BCUT2D eigenvalue weighted by molar-refractivity contribution is -0.131. The number of urea groups is 1. The third-order valence-electron chi connectivity index (χ3n) is 5.03. The first-order chi connectivity index (χ1) is 12.5. The van der Waals surface area contributed by atoms with Crippen molar-refractivity contribution in [3.8, 4) is 5.75 Å². The van der Waals surface area contributed by atoms with Crippen LogP contribution in [0.5, 0.6) is 5.75 Å². The Morgan fingerprint density at radius 1 is 1.35 bits per heavy atom. The van der Waals surface area contributed by atoms with E-state index in [-0.39, 0.29) is 18.2 Å². The Hall–Kier alpha value is -2.67. The number of nitrogens with zero attached hydrogens (tertiary/aromatic N) is 1. The first kappa shape index (κ1) is 16.8. The summed E-state index contributed by atoms with van der Waals surface area (Å²) < 4.78 is 5.13. The van der Waals surface area contributed by atoms with Crippen molar-refractivity contribution in [3.05, 3.63) is 51.7 Å². The van der Waals surface area contributed by atoms with Crippen molar-refractivity contribution in [2.24, 2.45) is 0 Å². The van der Waals surface area contributed by atoms with Gasteiger partial charge in [-0.25, -0.2) is 4.79 Å². The van der Waals surface area contributed by atoms with Gasteiger partial charge in [-0.2, -0.15) is 0 Å². The van der Waals surface area contributed by atoms with E-state index in [0.29, 0.717) is 17.7 Å². The second kappa shape index (κ2) is 6.25. The summed E-state index contributed by atoms with van der Waals surface area (Å²) in [5.41, 5.74) is 0.272. The molecule has 2 heterocycles. The van der Waals surface area contributed by atoms with E-state index in [1.807, 2.05) is 11.4 Å². The van der Waals surface area contributed by atoms with E-state index < -0.39 is 11.6 Å². The molecular weight excluding hydrogens is 352 g/mol. The minimum atomic E-state index is -1.01. The molecule has 1 fully saturated rings. The normalized spacial score (nSPS) is 21.7. The van der Waals surface area contributed by atoms with Gasteiger partial charge < -0.3 is 10.1 Å². The summed E-state index contributed by atoms with van der Waals surface area (Å²) in [5, 5.41) is 4.80. The molecule has 2 aliphatic rings. The number of carbonyl (C=O) groups is 3. The maximum absolute atomic E-state index is 13.1. The number of carbonyl (C=O) groups excluding carboxylic acids is 3. The second-order valence-electron chi connectivity index (χ2n) is 6.49. The Kier molecular flexibility index (Phi) is 4.03. The SMILES string of the molecule is COc1cccc(C(=O)CN2C(=O)N[C@@]3(CCCc4sccc43)C2=O)c1. The Morgan fingerprint density at radius 3 is 3.00 bits per heavy atom. The summed E-state index contributed by atoms with van der Waals surface area (Å²) in [4.78, 5) is 40.4. The maximum atomic E-state index is 13.1. The van der Waals surface area contributed by atoms with Crippen LogP contribution in [-0.2, 0) is 16.8 Å². The first-order valence-electron chi connectivity index (χ1n) is 8.43. The molecule has 0 unspecified atom stereocenters. The molecule has 0 saturated carbocycles. The summed E-state index contributed by atoms with van der Waals surface area (Å²) in [7, 11) is 1.52. The summed E-state index contributed by atoms with van der Waals surface area (Å²) in [5.74, 6) is -0.0800. The predicted octanol–water partition coefficient (Wildman–Crippen LogP) is 2.72. The molecule has 1 N–H and O–H groups in total. The lowest BCUT2D eigenvalue weighted by Crippen LogP contribution is -2.46. The lowest BCUT2D eigenvalue weighted by atomic mass is 9.80. The van der Waals surface area contributed by atoms with E-state index in [0.717, 1.165) is 28.2 Å². The molecule has 26 heavy (non-hydrogen) atoms. The third-order valence-corrected chi connectivity index (χ3v) is 6.01. The minimum Gasteiger partial charge on any atom is -0.497 e.